The summed E-state index contributed by atoms with van der Waals surface area (Å²) in [7, 11) is 1.74. The van der Waals surface area contributed by atoms with E-state index in [1.165, 1.54) is 0 Å². The van der Waals surface area contributed by atoms with E-state index in [0.717, 1.165) is 5.75 Å². The highest BCUT2D eigenvalue weighted by Crippen LogP contribution is 2.33. The summed E-state index contributed by atoms with van der Waals surface area (Å²) in [5.41, 5.74) is -0.251. The summed E-state index contributed by atoms with van der Waals surface area (Å²) in [5.74, 6) is 0.905. The van der Waals surface area contributed by atoms with Gasteiger partial charge in [0.1, 0.15) is 5.75 Å². The lowest BCUT2D eigenvalue weighted by Crippen LogP contribution is -2.44. The molecule has 0 amide bonds. The molecule has 0 radical (unpaired) electrons. The minimum Gasteiger partial charge on any atom is -0.493 e. The van der Waals surface area contributed by atoms with Gasteiger partial charge in [0.15, 0.2) is 0 Å². The maximum atomic E-state index is 5.78. The van der Waals surface area contributed by atoms with Crippen LogP contribution in [0.15, 0.2) is 30.3 Å². The lowest BCUT2D eigenvalue weighted by atomic mass is 9.78. The molecule has 18 heavy (non-hydrogen) atoms. The normalized spacial score (nSPS) is 11.5. The highest BCUT2D eigenvalue weighted by Gasteiger charge is 2.37. The van der Waals surface area contributed by atoms with Gasteiger partial charge in [0.25, 0.3) is 0 Å². The van der Waals surface area contributed by atoms with E-state index in [0.29, 0.717) is 6.61 Å². The molecule has 0 spiro atoms. The Labute approximate surface area is 112 Å². The van der Waals surface area contributed by atoms with Crippen molar-refractivity contribution in [3.63, 3.8) is 0 Å². The first-order valence-corrected chi connectivity index (χ1v) is 6.62. The molecule has 0 fully saturated rings. The fraction of sp³-hybridized carbons (Fsp3) is 0.625. The Balaban J connectivity index is 0.00000137. The molecule has 0 aliphatic carbocycles. The molecule has 1 rings (SSSR count). The average Bonchev–Trinajstić information content (AvgIpc) is 2.40. The Bertz CT molecular complexity index is 315. The standard InChI is InChI=1S/C14H22O2.C2H6/c1-13(2,14(3,4)15-5)11-16-12-9-7-6-8-10-12;1-2/h6-10H,11H2,1-5H3;1-2H3. The van der Waals surface area contributed by atoms with Gasteiger partial charge in [-0.25, -0.2) is 0 Å². The molecule has 0 N–H and O–H groups in total. The third-order valence-electron chi connectivity index (χ3n) is 3.48. The predicted molar refractivity (Wildman–Crippen MR) is 78.2 cm³/mol. The molecular formula is C16H28O2. The van der Waals surface area contributed by atoms with Gasteiger partial charge in [-0.1, -0.05) is 45.9 Å². The minimum absolute atomic E-state index is 0.0441. The second kappa shape index (κ2) is 7.42. The molecule has 2 nitrogen and oxygen atoms in total. The third-order valence-corrected chi connectivity index (χ3v) is 3.48. The molecule has 0 saturated heterocycles. The van der Waals surface area contributed by atoms with Gasteiger partial charge in [0, 0.05) is 12.5 Å². The lowest BCUT2D eigenvalue weighted by Gasteiger charge is -2.40. The van der Waals surface area contributed by atoms with E-state index in [1.807, 2.05) is 44.2 Å². The predicted octanol–water partition coefficient (Wildman–Crippen LogP) is 4.54. The van der Waals surface area contributed by atoms with Crippen LogP contribution in [0.3, 0.4) is 0 Å². The summed E-state index contributed by atoms with van der Waals surface area (Å²) in [6.07, 6.45) is 0. The quantitative estimate of drug-likeness (QED) is 0.765. The maximum absolute atomic E-state index is 5.78. The zero-order valence-corrected chi connectivity index (χ0v) is 12.9. The monoisotopic (exact) mass is 252 g/mol. The van der Waals surface area contributed by atoms with E-state index in [1.54, 1.807) is 7.11 Å². The van der Waals surface area contributed by atoms with E-state index in [-0.39, 0.29) is 11.0 Å². The van der Waals surface area contributed by atoms with Crippen LogP contribution in [0.1, 0.15) is 41.5 Å². The van der Waals surface area contributed by atoms with Crippen LogP contribution in [0.25, 0.3) is 0 Å². The first-order chi connectivity index (χ1) is 8.39. The van der Waals surface area contributed by atoms with Crippen molar-refractivity contribution in [1.82, 2.24) is 0 Å². The van der Waals surface area contributed by atoms with Crippen molar-refractivity contribution in [1.29, 1.82) is 0 Å². The summed E-state index contributed by atoms with van der Waals surface area (Å²) in [6, 6.07) is 9.87. The highest BCUT2D eigenvalue weighted by molar-refractivity contribution is 5.21. The van der Waals surface area contributed by atoms with Crippen molar-refractivity contribution in [3.05, 3.63) is 30.3 Å². The van der Waals surface area contributed by atoms with Crippen molar-refractivity contribution in [2.24, 2.45) is 5.41 Å². The Morgan fingerprint density at radius 2 is 1.44 bits per heavy atom. The maximum Gasteiger partial charge on any atom is 0.119 e. The van der Waals surface area contributed by atoms with Crippen LogP contribution in [0.4, 0.5) is 0 Å². The van der Waals surface area contributed by atoms with E-state index in [9.17, 15) is 0 Å². The molecule has 0 unspecified atom stereocenters. The molecule has 0 aliphatic heterocycles. The number of hydrogen-bond donors (Lipinski definition) is 0. The molecule has 0 aliphatic rings. The first-order valence-electron chi connectivity index (χ1n) is 6.62. The summed E-state index contributed by atoms with van der Waals surface area (Å²) >= 11 is 0. The van der Waals surface area contributed by atoms with Gasteiger partial charge in [-0.2, -0.15) is 0 Å². The molecule has 0 bridgehead atoms. The van der Waals surface area contributed by atoms with Crippen molar-refractivity contribution in [2.45, 2.75) is 47.1 Å². The van der Waals surface area contributed by atoms with Crippen LogP contribution in [0.5, 0.6) is 5.75 Å². The zero-order valence-electron chi connectivity index (χ0n) is 12.9. The number of hydrogen-bond acceptors (Lipinski definition) is 2. The second-order valence-electron chi connectivity index (χ2n) is 5.20. The fourth-order valence-corrected chi connectivity index (χ4v) is 1.23. The highest BCUT2D eigenvalue weighted by atomic mass is 16.5. The number of rotatable bonds is 5. The van der Waals surface area contributed by atoms with E-state index in [2.05, 4.69) is 27.7 Å². The third kappa shape index (κ3) is 4.69. The molecule has 2 heteroatoms. The van der Waals surface area contributed by atoms with E-state index < -0.39 is 0 Å². The van der Waals surface area contributed by atoms with Gasteiger partial charge in [0.05, 0.1) is 12.2 Å². The van der Waals surface area contributed by atoms with Gasteiger partial charge in [-0.05, 0) is 26.0 Å². The Morgan fingerprint density at radius 1 is 0.944 bits per heavy atom. The van der Waals surface area contributed by atoms with Gasteiger partial charge in [-0.15, -0.1) is 0 Å². The molecule has 1 aromatic rings. The molecule has 104 valence electrons. The van der Waals surface area contributed by atoms with E-state index >= 15 is 0 Å². The smallest absolute Gasteiger partial charge is 0.119 e. The minimum atomic E-state index is -0.207. The van der Waals surface area contributed by atoms with Crippen molar-refractivity contribution >= 4 is 0 Å². The lowest BCUT2D eigenvalue weighted by molar-refractivity contribution is -0.0875. The zero-order chi connectivity index (χ0) is 14.2. The summed E-state index contributed by atoms with van der Waals surface area (Å²) in [5, 5.41) is 0. The van der Waals surface area contributed by atoms with Crippen LogP contribution < -0.4 is 4.74 Å². The number of ether oxygens (including phenoxy) is 2. The summed E-state index contributed by atoms with van der Waals surface area (Å²) in [4.78, 5) is 0. The van der Waals surface area contributed by atoms with E-state index in [4.69, 9.17) is 9.47 Å². The fourth-order valence-electron chi connectivity index (χ4n) is 1.23. The van der Waals surface area contributed by atoms with Crippen molar-refractivity contribution in [2.75, 3.05) is 13.7 Å². The molecular weight excluding hydrogens is 224 g/mol. The van der Waals surface area contributed by atoms with Crippen molar-refractivity contribution < 1.29 is 9.47 Å². The topological polar surface area (TPSA) is 18.5 Å². The van der Waals surface area contributed by atoms with Crippen LogP contribution in [-0.2, 0) is 4.74 Å². The molecule has 0 aromatic heterocycles. The Morgan fingerprint density at radius 3 is 1.89 bits per heavy atom. The van der Waals surface area contributed by atoms with Gasteiger partial charge in [0.2, 0.25) is 0 Å². The van der Waals surface area contributed by atoms with Gasteiger partial charge < -0.3 is 9.47 Å². The Hall–Kier alpha value is -1.02. The molecule has 0 saturated carbocycles. The number of para-hydroxylation sites is 1. The second-order valence-corrected chi connectivity index (χ2v) is 5.20. The summed E-state index contributed by atoms with van der Waals surface area (Å²) in [6.45, 7) is 13.1. The SMILES string of the molecule is CC.COC(C)(C)C(C)(C)COc1ccccc1. The van der Waals surface area contributed by atoms with Crippen LogP contribution in [-0.4, -0.2) is 19.3 Å². The van der Waals surface area contributed by atoms with Crippen LogP contribution >= 0.6 is 0 Å². The van der Waals surface area contributed by atoms with Crippen molar-refractivity contribution in [3.8, 4) is 5.75 Å². The number of methoxy groups -OCH3 is 1. The number of benzene rings is 1. The largest absolute Gasteiger partial charge is 0.493 e. The van der Waals surface area contributed by atoms with Gasteiger partial charge >= 0.3 is 0 Å². The summed E-state index contributed by atoms with van der Waals surface area (Å²) < 4.78 is 11.3. The first kappa shape index (κ1) is 17.0. The van der Waals surface area contributed by atoms with Crippen LogP contribution in [0.2, 0.25) is 0 Å². The molecule has 0 heterocycles. The Kier molecular flexibility index (Phi) is 7.00. The average molecular weight is 252 g/mol. The molecule has 1 aromatic carbocycles. The molecule has 0 atom stereocenters. The van der Waals surface area contributed by atoms with Crippen LogP contribution in [0, 0.1) is 5.41 Å². The van der Waals surface area contributed by atoms with Gasteiger partial charge in [-0.3, -0.25) is 0 Å².